The largest absolute Gasteiger partial charge is 0.274 e. The number of thioether (sulfide) groups is 1. The molecule has 2 amide bonds. The van der Waals surface area contributed by atoms with Crippen LogP contribution in [0.3, 0.4) is 0 Å². The second-order valence-electron chi connectivity index (χ2n) is 7.06. The normalized spacial score (nSPS) is 13.7. The molecule has 1 aliphatic heterocycles. The van der Waals surface area contributed by atoms with E-state index in [0.717, 1.165) is 10.5 Å². The van der Waals surface area contributed by atoms with Crippen LogP contribution < -0.4 is 0 Å². The monoisotopic (exact) mass is 448 g/mol. The SMILES string of the molecule is O=C1C(Sc2ccccc2)=C(c2ccc([N+](=O)[O-])cc2)C(=O)N1CCc1ccc(F)cc1. The first-order chi connectivity index (χ1) is 15.4. The van der Waals surface area contributed by atoms with E-state index < -0.39 is 16.7 Å². The Bertz CT molecular complexity index is 1210. The minimum atomic E-state index is -0.519. The number of carbonyl (C=O) groups excluding carboxylic acids is 2. The average Bonchev–Trinajstić information content (AvgIpc) is 3.03. The zero-order valence-electron chi connectivity index (χ0n) is 16.7. The van der Waals surface area contributed by atoms with Crippen LogP contribution in [0.2, 0.25) is 0 Å². The van der Waals surface area contributed by atoms with E-state index in [4.69, 9.17) is 0 Å². The minimum absolute atomic E-state index is 0.100. The molecule has 3 aromatic rings. The van der Waals surface area contributed by atoms with Gasteiger partial charge in [-0.25, -0.2) is 4.39 Å². The Labute approximate surface area is 187 Å². The summed E-state index contributed by atoms with van der Waals surface area (Å²) in [5, 5.41) is 11.0. The summed E-state index contributed by atoms with van der Waals surface area (Å²) in [7, 11) is 0. The Balaban J connectivity index is 1.66. The first-order valence-electron chi connectivity index (χ1n) is 9.76. The van der Waals surface area contributed by atoms with Crippen LogP contribution in [-0.2, 0) is 16.0 Å². The summed E-state index contributed by atoms with van der Waals surface area (Å²) in [5.74, 6) is -1.23. The summed E-state index contributed by atoms with van der Waals surface area (Å²) in [6, 6.07) is 20.7. The van der Waals surface area contributed by atoms with Crippen molar-refractivity contribution in [3.63, 3.8) is 0 Å². The number of hydrogen-bond donors (Lipinski definition) is 0. The van der Waals surface area contributed by atoms with Gasteiger partial charge in [0.1, 0.15) is 5.82 Å². The molecule has 1 aliphatic rings. The Morgan fingerprint density at radius 3 is 2.16 bits per heavy atom. The van der Waals surface area contributed by atoms with Gasteiger partial charge in [-0.05, 0) is 53.9 Å². The number of hydrogen-bond acceptors (Lipinski definition) is 5. The van der Waals surface area contributed by atoms with Crippen molar-refractivity contribution >= 4 is 34.8 Å². The molecule has 1 heterocycles. The van der Waals surface area contributed by atoms with E-state index in [1.165, 1.54) is 53.1 Å². The number of nitro groups is 1. The summed E-state index contributed by atoms with van der Waals surface area (Å²) < 4.78 is 13.2. The predicted molar refractivity (Wildman–Crippen MR) is 119 cm³/mol. The van der Waals surface area contributed by atoms with E-state index in [1.807, 2.05) is 30.3 Å². The standard InChI is InChI=1S/C24H17FN2O4S/c25-18-10-6-16(7-11-18)14-15-26-23(28)21(17-8-12-19(13-9-17)27(30)31)22(24(26)29)32-20-4-2-1-3-5-20/h1-13H,14-15H2. The van der Waals surface area contributed by atoms with Gasteiger partial charge in [-0.2, -0.15) is 0 Å². The summed E-state index contributed by atoms with van der Waals surface area (Å²) in [6.07, 6.45) is 0.384. The summed E-state index contributed by atoms with van der Waals surface area (Å²) in [6.45, 7) is 0.138. The van der Waals surface area contributed by atoms with E-state index in [-0.39, 0.29) is 28.5 Å². The molecule has 0 bridgehead atoms. The molecule has 160 valence electrons. The van der Waals surface area contributed by atoms with E-state index in [1.54, 1.807) is 12.1 Å². The third-order valence-corrected chi connectivity index (χ3v) is 6.08. The molecule has 3 aromatic carbocycles. The average molecular weight is 448 g/mol. The quantitative estimate of drug-likeness (QED) is 0.293. The summed E-state index contributed by atoms with van der Waals surface area (Å²) in [5.41, 5.74) is 1.36. The number of nitrogens with zero attached hydrogens (tertiary/aromatic N) is 2. The second-order valence-corrected chi connectivity index (χ2v) is 8.15. The number of rotatable bonds is 7. The van der Waals surface area contributed by atoms with Crippen LogP contribution in [0.5, 0.6) is 0 Å². The molecule has 0 aromatic heterocycles. The van der Waals surface area contributed by atoms with Crippen molar-refractivity contribution in [2.45, 2.75) is 11.3 Å². The van der Waals surface area contributed by atoms with Crippen LogP contribution in [0.25, 0.3) is 5.57 Å². The van der Waals surface area contributed by atoms with Gasteiger partial charge in [0.15, 0.2) is 0 Å². The highest BCUT2D eigenvalue weighted by Gasteiger charge is 2.39. The van der Waals surface area contributed by atoms with Crippen molar-refractivity contribution in [1.82, 2.24) is 4.90 Å². The Hall–Kier alpha value is -3.78. The molecule has 0 unspecified atom stereocenters. The number of imide groups is 1. The molecular formula is C24H17FN2O4S. The van der Waals surface area contributed by atoms with E-state index in [0.29, 0.717) is 12.0 Å². The fraction of sp³-hybridized carbons (Fsp3) is 0.0833. The highest BCUT2D eigenvalue weighted by molar-refractivity contribution is 8.04. The maximum absolute atomic E-state index is 13.3. The van der Waals surface area contributed by atoms with Crippen molar-refractivity contribution in [3.8, 4) is 0 Å². The maximum Gasteiger partial charge on any atom is 0.269 e. The van der Waals surface area contributed by atoms with Crippen molar-refractivity contribution in [2.75, 3.05) is 6.54 Å². The second kappa shape index (κ2) is 9.15. The van der Waals surface area contributed by atoms with Crippen molar-refractivity contribution in [1.29, 1.82) is 0 Å². The van der Waals surface area contributed by atoms with Crippen molar-refractivity contribution < 1.29 is 18.9 Å². The van der Waals surface area contributed by atoms with E-state index in [2.05, 4.69) is 0 Å². The topological polar surface area (TPSA) is 80.5 Å². The van der Waals surface area contributed by atoms with Gasteiger partial charge in [0, 0.05) is 23.6 Å². The van der Waals surface area contributed by atoms with Crippen molar-refractivity contribution in [2.24, 2.45) is 0 Å². The number of non-ortho nitro benzene ring substituents is 1. The van der Waals surface area contributed by atoms with Gasteiger partial charge in [-0.3, -0.25) is 24.6 Å². The number of nitro benzene ring substituents is 1. The first kappa shape index (κ1) is 21.5. The number of carbonyl (C=O) groups is 2. The van der Waals surface area contributed by atoms with Crippen LogP contribution in [0.1, 0.15) is 11.1 Å². The van der Waals surface area contributed by atoms with Gasteiger partial charge < -0.3 is 0 Å². The van der Waals surface area contributed by atoms with Crippen LogP contribution in [0.15, 0.2) is 88.7 Å². The molecule has 0 saturated heterocycles. The number of benzene rings is 3. The lowest BCUT2D eigenvalue weighted by Gasteiger charge is -2.15. The smallest absolute Gasteiger partial charge is 0.269 e. The Morgan fingerprint density at radius 1 is 0.875 bits per heavy atom. The molecule has 0 radical (unpaired) electrons. The summed E-state index contributed by atoms with van der Waals surface area (Å²) in [4.78, 5) is 39.2. The molecule has 0 aliphatic carbocycles. The van der Waals surface area contributed by atoms with Crippen LogP contribution in [0.4, 0.5) is 10.1 Å². The molecule has 0 atom stereocenters. The fourth-order valence-corrected chi connectivity index (χ4v) is 4.39. The maximum atomic E-state index is 13.3. The Morgan fingerprint density at radius 2 is 1.53 bits per heavy atom. The van der Waals surface area contributed by atoms with Gasteiger partial charge >= 0.3 is 0 Å². The zero-order chi connectivity index (χ0) is 22.7. The lowest BCUT2D eigenvalue weighted by atomic mass is 10.1. The predicted octanol–water partition coefficient (Wildman–Crippen LogP) is 4.85. The van der Waals surface area contributed by atoms with Crippen LogP contribution in [-0.4, -0.2) is 28.2 Å². The molecule has 32 heavy (non-hydrogen) atoms. The lowest BCUT2D eigenvalue weighted by Crippen LogP contribution is -2.33. The van der Waals surface area contributed by atoms with E-state index >= 15 is 0 Å². The highest BCUT2D eigenvalue weighted by Crippen LogP contribution is 2.40. The van der Waals surface area contributed by atoms with Crippen molar-refractivity contribution in [3.05, 3.63) is 111 Å². The third-order valence-electron chi connectivity index (χ3n) is 4.99. The number of halogens is 1. The van der Waals surface area contributed by atoms with Gasteiger partial charge in [-0.15, -0.1) is 0 Å². The minimum Gasteiger partial charge on any atom is -0.274 e. The zero-order valence-corrected chi connectivity index (χ0v) is 17.5. The summed E-state index contributed by atoms with van der Waals surface area (Å²) >= 11 is 1.19. The number of amides is 2. The molecule has 8 heteroatoms. The molecule has 0 N–H and O–H groups in total. The van der Waals surface area contributed by atoms with Crippen LogP contribution >= 0.6 is 11.8 Å². The van der Waals surface area contributed by atoms with Crippen LogP contribution in [0, 0.1) is 15.9 Å². The molecule has 0 fully saturated rings. The molecule has 6 nitrogen and oxygen atoms in total. The molecule has 4 rings (SSSR count). The van der Waals surface area contributed by atoms with E-state index in [9.17, 15) is 24.1 Å². The Kier molecular flexibility index (Phi) is 6.13. The van der Waals surface area contributed by atoms with Gasteiger partial charge in [0.05, 0.1) is 15.4 Å². The lowest BCUT2D eigenvalue weighted by molar-refractivity contribution is -0.384. The molecule has 0 spiro atoms. The highest BCUT2D eigenvalue weighted by atomic mass is 32.2. The van der Waals surface area contributed by atoms with Gasteiger partial charge in [0.2, 0.25) is 0 Å². The van der Waals surface area contributed by atoms with Gasteiger partial charge in [-0.1, -0.05) is 42.1 Å². The molecular weight excluding hydrogens is 431 g/mol. The third kappa shape index (κ3) is 4.45. The van der Waals surface area contributed by atoms with Gasteiger partial charge in [0.25, 0.3) is 17.5 Å². The first-order valence-corrected chi connectivity index (χ1v) is 10.6. The molecule has 0 saturated carbocycles. The fourth-order valence-electron chi connectivity index (χ4n) is 3.35.